The number of amides is 1. The van der Waals surface area contributed by atoms with E-state index in [0.29, 0.717) is 24.5 Å². The molecule has 3 atom stereocenters. The Hall–Kier alpha value is -1.39. The second-order valence-electron chi connectivity index (χ2n) is 6.19. The zero-order chi connectivity index (χ0) is 14.8. The van der Waals surface area contributed by atoms with Crippen molar-refractivity contribution < 1.29 is 14.3 Å². The molecule has 0 spiro atoms. The molecule has 0 N–H and O–H groups in total. The van der Waals surface area contributed by atoms with Gasteiger partial charge >= 0.3 is 0 Å². The lowest BCUT2D eigenvalue weighted by molar-refractivity contribution is 0.0731. The summed E-state index contributed by atoms with van der Waals surface area (Å²) in [5, 5.41) is 0. The van der Waals surface area contributed by atoms with E-state index in [1.807, 2.05) is 29.2 Å². The van der Waals surface area contributed by atoms with E-state index in [0.717, 1.165) is 37.1 Å². The summed E-state index contributed by atoms with van der Waals surface area (Å²) in [6.45, 7) is 2.29. The third kappa shape index (κ3) is 2.97. The molecule has 1 aromatic carbocycles. The minimum absolute atomic E-state index is 0.149. The van der Waals surface area contributed by atoms with Crippen molar-refractivity contribution in [3.8, 4) is 0 Å². The molecule has 2 aliphatic rings. The molecule has 21 heavy (non-hydrogen) atoms. The summed E-state index contributed by atoms with van der Waals surface area (Å²) in [5.41, 5.74) is 1.81. The Balaban J connectivity index is 1.66. The van der Waals surface area contributed by atoms with Gasteiger partial charge in [0.2, 0.25) is 0 Å². The maximum absolute atomic E-state index is 12.6. The standard InChI is InChI=1S/C17H23NO3/c1-20-11-12-4-3-5-13(6-12)17(19)18-9-14-7-16(21-2)8-15(14)10-18/h3-6,14-16H,7-11H2,1-2H3/t14-,15+,16?. The lowest BCUT2D eigenvalue weighted by atomic mass is 10.0. The lowest BCUT2D eigenvalue weighted by Crippen LogP contribution is -2.30. The van der Waals surface area contributed by atoms with Crippen LogP contribution in [-0.2, 0) is 16.1 Å². The fourth-order valence-corrected chi connectivity index (χ4v) is 3.75. The maximum atomic E-state index is 12.6. The first-order valence-corrected chi connectivity index (χ1v) is 7.61. The number of methoxy groups -OCH3 is 2. The van der Waals surface area contributed by atoms with Crippen molar-refractivity contribution in [1.82, 2.24) is 4.90 Å². The minimum atomic E-state index is 0.149. The smallest absolute Gasteiger partial charge is 0.253 e. The number of nitrogens with zero attached hydrogens (tertiary/aromatic N) is 1. The van der Waals surface area contributed by atoms with Gasteiger partial charge in [-0.3, -0.25) is 4.79 Å². The van der Waals surface area contributed by atoms with Crippen LogP contribution in [0, 0.1) is 11.8 Å². The zero-order valence-electron chi connectivity index (χ0n) is 12.7. The van der Waals surface area contributed by atoms with Gasteiger partial charge in [-0.15, -0.1) is 0 Å². The second-order valence-corrected chi connectivity index (χ2v) is 6.19. The van der Waals surface area contributed by atoms with Crippen LogP contribution in [-0.4, -0.2) is 44.2 Å². The fraction of sp³-hybridized carbons (Fsp3) is 0.588. The maximum Gasteiger partial charge on any atom is 0.253 e. The first-order valence-electron chi connectivity index (χ1n) is 7.61. The third-order valence-corrected chi connectivity index (χ3v) is 4.81. The summed E-state index contributed by atoms with van der Waals surface area (Å²) in [4.78, 5) is 14.6. The monoisotopic (exact) mass is 289 g/mol. The Morgan fingerprint density at radius 3 is 2.57 bits per heavy atom. The number of carbonyl (C=O) groups excluding carboxylic acids is 1. The first kappa shape index (κ1) is 14.5. The molecular formula is C17H23NO3. The molecule has 2 fully saturated rings. The summed E-state index contributed by atoms with van der Waals surface area (Å²) < 4.78 is 10.6. The summed E-state index contributed by atoms with van der Waals surface area (Å²) >= 11 is 0. The molecule has 1 aromatic rings. The van der Waals surface area contributed by atoms with Crippen LogP contribution in [0.25, 0.3) is 0 Å². The topological polar surface area (TPSA) is 38.8 Å². The van der Waals surface area contributed by atoms with Crippen LogP contribution in [0.15, 0.2) is 24.3 Å². The molecule has 1 aliphatic carbocycles. The highest BCUT2D eigenvalue weighted by molar-refractivity contribution is 5.94. The minimum Gasteiger partial charge on any atom is -0.381 e. The van der Waals surface area contributed by atoms with E-state index in [1.165, 1.54) is 0 Å². The predicted molar refractivity (Wildman–Crippen MR) is 80.1 cm³/mol. The molecule has 3 rings (SSSR count). The average molecular weight is 289 g/mol. The fourth-order valence-electron chi connectivity index (χ4n) is 3.75. The van der Waals surface area contributed by atoms with Crippen molar-refractivity contribution >= 4 is 5.91 Å². The van der Waals surface area contributed by atoms with Gasteiger partial charge in [0.15, 0.2) is 0 Å². The molecule has 1 heterocycles. The van der Waals surface area contributed by atoms with Gasteiger partial charge in [0.25, 0.3) is 5.91 Å². The Labute approximate surface area is 126 Å². The van der Waals surface area contributed by atoms with E-state index >= 15 is 0 Å². The Morgan fingerprint density at radius 2 is 1.95 bits per heavy atom. The number of hydrogen-bond donors (Lipinski definition) is 0. The van der Waals surface area contributed by atoms with E-state index in [2.05, 4.69) is 0 Å². The van der Waals surface area contributed by atoms with Gasteiger partial charge in [0.1, 0.15) is 0 Å². The molecule has 4 nitrogen and oxygen atoms in total. The van der Waals surface area contributed by atoms with Crippen LogP contribution in [0.1, 0.15) is 28.8 Å². The van der Waals surface area contributed by atoms with Crippen molar-refractivity contribution in [3.63, 3.8) is 0 Å². The van der Waals surface area contributed by atoms with Crippen molar-refractivity contribution in [2.24, 2.45) is 11.8 Å². The number of fused-ring (bicyclic) bond motifs is 1. The summed E-state index contributed by atoms with van der Waals surface area (Å²) in [6, 6.07) is 7.76. The first-order chi connectivity index (χ1) is 10.2. The third-order valence-electron chi connectivity index (χ3n) is 4.81. The van der Waals surface area contributed by atoms with Crippen molar-refractivity contribution in [2.45, 2.75) is 25.6 Å². The van der Waals surface area contributed by atoms with Crippen LogP contribution in [0.5, 0.6) is 0 Å². The van der Waals surface area contributed by atoms with Gasteiger partial charge in [0, 0.05) is 32.9 Å². The van der Waals surface area contributed by atoms with Gasteiger partial charge in [-0.2, -0.15) is 0 Å². The molecule has 0 radical (unpaired) electrons. The van der Waals surface area contributed by atoms with E-state index < -0.39 is 0 Å². The molecule has 1 amide bonds. The summed E-state index contributed by atoms with van der Waals surface area (Å²) in [6.07, 6.45) is 2.57. The van der Waals surface area contributed by atoms with Gasteiger partial charge in [-0.1, -0.05) is 12.1 Å². The molecule has 114 valence electrons. The van der Waals surface area contributed by atoms with Crippen LogP contribution in [0.4, 0.5) is 0 Å². The Bertz CT molecular complexity index is 503. The second kappa shape index (κ2) is 6.16. The highest BCUT2D eigenvalue weighted by Gasteiger charge is 2.42. The van der Waals surface area contributed by atoms with E-state index in [9.17, 15) is 4.79 Å². The molecule has 1 unspecified atom stereocenters. The van der Waals surface area contributed by atoms with E-state index in [4.69, 9.17) is 9.47 Å². The van der Waals surface area contributed by atoms with Crippen LogP contribution < -0.4 is 0 Å². The Morgan fingerprint density at radius 1 is 1.24 bits per heavy atom. The number of hydrogen-bond acceptors (Lipinski definition) is 3. The van der Waals surface area contributed by atoms with Crippen LogP contribution >= 0.6 is 0 Å². The highest BCUT2D eigenvalue weighted by atomic mass is 16.5. The van der Waals surface area contributed by atoms with Gasteiger partial charge in [-0.25, -0.2) is 0 Å². The summed E-state index contributed by atoms with van der Waals surface area (Å²) in [7, 11) is 3.46. The normalized spacial score (nSPS) is 27.9. The number of likely N-dealkylation sites (tertiary alicyclic amines) is 1. The van der Waals surface area contributed by atoms with Crippen molar-refractivity contribution in [2.75, 3.05) is 27.3 Å². The quantitative estimate of drug-likeness (QED) is 0.854. The molecule has 1 saturated carbocycles. The van der Waals surface area contributed by atoms with Crippen molar-refractivity contribution in [1.29, 1.82) is 0 Å². The van der Waals surface area contributed by atoms with E-state index in [1.54, 1.807) is 14.2 Å². The van der Waals surface area contributed by atoms with Crippen LogP contribution in [0.2, 0.25) is 0 Å². The number of carbonyl (C=O) groups is 1. The molecule has 0 aromatic heterocycles. The van der Waals surface area contributed by atoms with Gasteiger partial charge in [-0.05, 0) is 42.4 Å². The zero-order valence-corrected chi connectivity index (χ0v) is 12.7. The number of rotatable bonds is 4. The Kier molecular flexibility index (Phi) is 4.27. The van der Waals surface area contributed by atoms with E-state index in [-0.39, 0.29) is 5.91 Å². The highest BCUT2D eigenvalue weighted by Crippen LogP contribution is 2.39. The average Bonchev–Trinajstić information content (AvgIpc) is 3.05. The largest absolute Gasteiger partial charge is 0.381 e. The molecule has 1 saturated heterocycles. The number of ether oxygens (including phenoxy) is 2. The molecule has 0 bridgehead atoms. The predicted octanol–water partition coefficient (Wildman–Crippen LogP) is 2.33. The van der Waals surface area contributed by atoms with Gasteiger partial charge in [0.05, 0.1) is 12.7 Å². The molecule has 4 heteroatoms. The summed E-state index contributed by atoms with van der Waals surface area (Å²) in [5.74, 6) is 1.37. The SMILES string of the molecule is COCc1cccc(C(=O)N2C[C@H]3CC(OC)C[C@H]3C2)c1. The molecular weight excluding hydrogens is 266 g/mol. The van der Waals surface area contributed by atoms with Gasteiger partial charge < -0.3 is 14.4 Å². The van der Waals surface area contributed by atoms with Crippen LogP contribution in [0.3, 0.4) is 0 Å². The number of benzene rings is 1. The lowest BCUT2D eigenvalue weighted by Gasteiger charge is -2.19. The molecule has 1 aliphatic heterocycles. The van der Waals surface area contributed by atoms with Crippen molar-refractivity contribution in [3.05, 3.63) is 35.4 Å².